The number of carbonyl (C=O) groups excluding carboxylic acids is 1. The molecule has 6 heteroatoms. The molecule has 0 spiro atoms. The van der Waals surface area contributed by atoms with Crippen LogP contribution in [-0.2, 0) is 11.3 Å². The van der Waals surface area contributed by atoms with Crippen LogP contribution >= 0.6 is 0 Å². The van der Waals surface area contributed by atoms with Crippen molar-refractivity contribution in [1.29, 1.82) is 0 Å². The molecule has 27 heavy (non-hydrogen) atoms. The molecule has 1 saturated carbocycles. The van der Waals surface area contributed by atoms with Crippen molar-refractivity contribution in [3.8, 4) is 0 Å². The quantitative estimate of drug-likeness (QED) is 0.821. The summed E-state index contributed by atoms with van der Waals surface area (Å²) in [6, 6.07) is 10.6. The molecule has 1 aromatic heterocycles. The Bertz CT molecular complexity index is 779. The maximum absolute atomic E-state index is 11.1. The van der Waals surface area contributed by atoms with Crippen molar-refractivity contribution in [1.82, 2.24) is 14.9 Å². The van der Waals surface area contributed by atoms with Gasteiger partial charge in [-0.25, -0.2) is 9.97 Å². The van der Waals surface area contributed by atoms with Gasteiger partial charge < -0.3 is 10.6 Å². The molecule has 2 fully saturated rings. The first-order valence-electron chi connectivity index (χ1n) is 9.84. The molecule has 4 rings (SSSR count). The number of nitrogens with one attached hydrogen (secondary N) is 2. The lowest BCUT2D eigenvalue weighted by Crippen LogP contribution is -2.38. The number of carbonyl (C=O) groups is 1. The van der Waals surface area contributed by atoms with Crippen molar-refractivity contribution in [3.63, 3.8) is 0 Å². The van der Waals surface area contributed by atoms with E-state index in [0.717, 1.165) is 49.8 Å². The smallest absolute Gasteiger partial charge is 0.221 e. The van der Waals surface area contributed by atoms with Crippen LogP contribution in [-0.4, -0.2) is 39.9 Å². The van der Waals surface area contributed by atoms with E-state index in [4.69, 9.17) is 0 Å². The van der Waals surface area contributed by atoms with Crippen LogP contribution in [0, 0.1) is 0 Å². The van der Waals surface area contributed by atoms with Crippen molar-refractivity contribution in [2.24, 2.45) is 0 Å². The first-order valence-corrected chi connectivity index (χ1v) is 9.84. The summed E-state index contributed by atoms with van der Waals surface area (Å²) in [5, 5.41) is 6.40. The summed E-state index contributed by atoms with van der Waals surface area (Å²) in [6.07, 6.45) is 6.57. The van der Waals surface area contributed by atoms with E-state index in [1.54, 1.807) is 0 Å². The summed E-state index contributed by atoms with van der Waals surface area (Å²) in [4.78, 5) is 22.7. The third kappa shape index (κ3) is 5.04. The van der Waals surface area contributed by atoms with Crippen molar-refractivity contribution in [2.45, 2.75) is 51.1 Å². The van der Waals surface area contributed by atoms with Crippen molar-refractivity contribution in [2.75, 3.05) is 23.7 Å². The first kappa shape index (κ1) is 17.9. The molecular formula is C21H27N5O. The van der Waals surface area contributed by atoms with Crippen molar-refractivity contribution in [3.05, 3.63) is 47.9 Å². The highest BCUT2D eigenvalue weighted by molar-refractivity contribution is 5.88. The van der Waals surface area contributed by atoms with Gasteiger partial charge in [0, 0.05) is 50.4 Å². The lowest BCUT2D eigenvalue weighted by atomic mass is 10.0. The van der Waals surface area contributed by atoms with Crippen LogP contribution in [0.4, 0.5) is 11.5 Å². The van der Waals surface area contributed by atoms with E-state index >= 15 is 0 Å². The predicted molar refractivity (Wildman–Crippen MR) is 107 cm³/mol. The summed E-state index contributed by atoms with van der Waals surface area (Å²) in [5.74, 6) is 2.52. The lowest BCUT2D eigenvalue weighted by Gasteiger charge is -2.32. The molecule has 2 aliphatic rings. The maximum atomic E-state index is 11.1. The average Bonchev–Trinajstić information content (AvgIpc) is 3.50. The van der Waals surface area contributed by atoms with E-state index in [1.165, 1.54) is 25.3 Å². The second-order valence-corrected chi connectivity index (χ2v) is 7.65. The third-order valence-electron chi connectivity index (χ3n) is 5.24. The number of benzene rings is 1. The number of rotatable bonds is 6. The van der Waals surface area contributed by atoms with Gasteiger partial charge in [0.25, 0.3) is 0 Å². The molecule has 1 aromatic carbocycles. The molecule has 2 N–H and O–H groups in total. The van der Waals surface area contributed by atoms with E-state index in [0.29, 0.717) is 12.0 Å². The van der Waals surface area contributed by atoms with Crippen LogP contribution in [0.1, 0.15) is 49.9 Å². The Morgan fingerprint density at radius 2 is 1.85 bits per heavy atom. The number of aromatic nitrogens is 2. The van der Waals surface area contributed by atoms with Gasteiger partial charge in [-0.05, 0) is 49.4 Å². The molecule has 0 atom stereocenters. The van der Waals surface area contributed by atoms with E-state index in [9.17, 15) is 4.79 Å². The van der Waals surface area contributed by atoms with Gasteiger partial charge in [-0.1, -0.05) is 12.1 Å². The fraction of sp³-hybridized carbons (Fsp3) is 0.476. The summed E-state index contributed by atoms with van der Waals surface area (Å²) in [5.41, 5.74) is 2.13. The summed E-state index contributed by atoms with van der Waals surface area (Å²) in [7, 11) is 0. The largest absolute Gasteiger partial charge is 0.367 e. The van der Waals surface area contributed by atoms with Crippen LogP contribution in [0.15, 0.2) is 36.5 Å². The number of amides is 1. The molecule has 1 aliphatic heterocycles. The first-order chi connectivity index (χ1) is 13.2. The van der Waals surface area contributed by atoms with Gasteiger partial charge >= 0.3 is 0 Å². The molecule has 0 bridgehead atoms. The van der Waals surface area contributed by atoms with Gasteiger partial charge in [-0.2, -0.15) is 0 Å². The van der Waals surface area contributed by atoms with Gasteiger partial charge in [0.05, 0.1) is 0 Å². The fourth-order valence-corrected chi connectivity index (χ4v) is 3.59. The molecule has 0 radical (unpaired) electrons. The minimum absolute atomic E-state index is 0.0368. The predicted octanol–water partition coefficient (Wildman–Crippen LogP) is 3.39. The summed E-state index contributed by atoms with van der Waals surface area (Å²) >= 11 is 0. The Hall–Kier alpha value is -2.47. The van der Waals surface area contributed by atoms with Gasteiger partial charge in [0.1, 0.15) is 11.6 Å². The topological polar surface area (TPSA) is 70.2 Å². The van der Waals surface area contributed by atoms with Crippen molar-refractivity contribution >= 4 is 17.4 Å². The second kappa shape index (κ2) is 8.05. The van der Waals surface area contributed by atoms with Crippen LogP contribution in [0.25, 0.3) is 0 Å². The minimum atomic E-state index is -0.0368. The van der Waals surface area contributed by atoms with Crippen LogP contribution in [0.5, 0.6) is 0 Å². The number of likely N-dealkylation sites (tertiary alicyclic amines) is 1. The van der Waals surface area contributed by atoms with E-state index < -0.39 is 0 Å². The van der Waals surface area contributed by atoms with Crippen LogP contribution in [0.3, 0.4) is 0 Å². The number of nitrogens with zero attached hydrogens (tertiary/aromatic N) is 3. The minimum Gasteiger partial charge on any atom is -0.367 e. The zero-order valence-corrected chi connectivity index (χ0v) is 15.8. The van der Waals surface area contributed by atoms with Gasteiger partial charge in [0.15, 0.2) is 0 Å². The van der Waals surface area contributed by atoms with Gasteiger partial charge in [-0.3, -0.25) is 9.69 Å². The number of hydrogen-bond acceptors (Lipinski definition) is 5. The number of piperidine rings is 1. The number of anilines is 2. The third-order valence-corrected chi connectivity index (χ3v) is 5.24. The normalized spacial score (nSPS) is 18.3. The molecule has 1 aliphatic carbocycles. The highest BCUT2D eigenvalue weighted by Gasteiger charge is 2.27. The molecule has 1 saturated heterocycles. The maximum Gasteiger partial charge on any atom is 0.221 e. The number of hydrogen-bond donors (Lipinski definition) is 2. The Kier molecular flexibility index (Phi) is 5.34. The van der Waals surface area contributed by atoms with Crippen LogP contribution in [0.2, 0.25) is 0 Å². The molecule has 142 valence electrons. The summed E-state index contributed by atoms with van der Waals surface area (Å²) < 4.78 is 0. The molecule has 6 nitrogen and oxygen atoms in total. The van der Waals surface area contributed by atoms with Crippen LogP contribution < -0.4 is 10.6 Å². The molecule has 2 aromatic rings. The monoisotopic (exact) mass is 365 g/mol. The SMILES string of the molecule is CC(=O)Nc1ccc(CN2CCC(Nc3ccnc(C4CC4)n3)CC2)cc1. The fourth-order valence-electron chi connectivity index (χ4n) is 3.59. The Morgan fingerprint density at radius 3 is 2.52 bits per heavy atom. The summed E-state index contributed by atoms with van der Waals surface area (Å²) in [6.45, 7) is 4.63. The molecule has 1 amide bonds. The van der Waals surface area contributed by atoms with Gasteiger partial charge in [-0.15, -0.1) is 0 Å². The van der Waals surface area contributed by atoms with E-state index in [-0.39, 0.29) is 5.91 Å². The highest BCUT2D eigenvalue weighted by atomic mass is 16.1. The van der Waals surface area contributed by atoms with Gasteiger partial charge in [0.2, 0.25) is 5.91 Å². The highest BCUT2D eigenvalue weighted by Crippen LogP contribution is 2.38. The van der Waals surface area contributed by atoms with E-state index in [2.05, 4.69) is 37.6 Å². The zero-order valence-electron chi connectivity index (χ0n) is 15.8. The Labute approximate surface area is 160 Å². The average molecular weight is 365 g/mol. The standard InChI is InChI=1S/C21H27N5O/c1-15(27)23-18-6-2-16(3-7-18)14-26-12-9-19(10-13-26)24-20-8-11-22-21(25-20)17-4-5-17/h2-3,6-8,11,17,19H,4-5,9-10,12-14H2,1H3,(H,23,27)(H,22,24,25). The molecule has 0 unspecified atom stereocenters. The zero-order chi connectivity index (χ0) is 18.6. The molecular weight excluding hydrogens is 338 g/mol. The Morgan fingerprint density at radius 1 is 1.11 bits per heavy atom. The lowest BCUT2D eigenvalue weighted by molar-refractivity contribution is -0.114. The molecule has 2 heterocycles. The van der Waals surface area contributed by atoms with E-state index in [1.807, 2.05) is 24.4 Å². The van der Waals surface area contributed by atoms with Crippen molar-refractivity contribution < 1.29 is 4.79 Å². The second-order valence-electron chi connectivity index (χ2n) is 7.65. The Balaban J connectivity index is 1.25.